The maximum Gasteiger partial charge on any atom is 0.257 e. The van der Waals surface area contributed by atoms with Crippen LogP contribution in [0.4, 0.5) is 0 Å². The SMILES string of the molecule is CCc1cnc2c(C(=O)NC3C4CC5CC(C4)CC3C5)cnn2c1. The number of aromatic nitrogens is 3. The lowest BCUT2D eigenvalue weighted by molar-refractivity contribution is -0.0119. The van der Waals surface area contributed by atoms with Gasteiger partial charge in [-0.25, -0.2) is 9.50 Å². The number of carbonyl (C=O) groups excluding carboxylic acids is 1. The highest BCUT2D eigenvalue weighted by molar-refractivity contribution is 5.99. The van der Waals surface area contributed by atoms with Gasteiger partial charge in [0.05, 0.1) is 6.20 Å². The smallest absolute Gasteiger partial charge is 0.257 e. The highest BCUT2D eigenvalue weighted by Crippen LogP contribution is 2.53. The summed E-state index contributed by atoms with van der Waals surface area (Å²) in [5.74, 6) is 3.22. The average Bonchev–Trinajstić information content (AvgIpc) is 3.00. The van der Waals surface area contributed by atoms with Gasteiger partial charge in [-0.15, -0.1) is 0 Å². The highest BCUT2D eigenvalue weighted by Gasteiger charge is 2.48. The molecule has 5 heteroatoms. The van der Waals surface area contributed by atoms with Crippen LogP contribution in [0.5, 0.6) is 0 Å². The zero-order chi connectivity index (χ0) is 16.3. The molecule has 126 valence electrons. The minimum Gasteiger partial charge on any atom is -0.349 e. The fourth-order valence-electron chi connectivity index (χ4n) is 5.65. The van der Waals surface area contributed by atoms with E-state index in [4.69, 9.17) is 0 Å². The third-order valence-corrected chi connectivity index (χ3v) is 6.59. The number of hydrogen-bond donors (Lipinski definition) is 1. The van der Waals surface area contributed by atoms with Gasteiger partial charge >= 0.3 is 0 Å². The normalized spacial score (nSPS) is 34.0. The van der Waals surface area contributed by atoms with Crippen molar-refractivity contribution in [3.8, 4) is 0 Å². The summed E-state index contributed by atoms with van der Waals surface area (Å²) in [4.78, 5) is 17.3. The summed E-state index contributed by atoms with van der Waals surface area (Å²) in [5, 5.41) is 7.68. The molecule has 2 aromatic heterocycles. The van der Waals surface area contributed by atoms with Crippen molar-refractivity contribution in [2.45, 2.75) is 51.5 Å². The molecule has 2 aromatic rings. The van der Waals surface area contributed by atoms with E-state index in [1.807, 2.05) is 12.4 Å². The molecule has 4 fully saturated rings. The number of nitrogens with zero attached hydrogens (tertiary/aromatic N) is 3. The first-order valence-corrected chi connectivity index (χ1v) is 9.34. The number of aryl methyl sites for hydroxylation is 1. The van der Waals surface area contributed by atoms with E-state index >= 15 is 0 Å². The Bertz CT molecular complexity index is 768. The van der Waals surface area contributed by atoms with Gasteiger partial charge in [0.15, 0.2) is 5.65 Å². The van der Waals surface area contributed by atoms with Gasteiger partial charge in [0.25, 0.3) is 5.91 Å². The van der Waals surface area contributed by atoms with Gasteiger partial charge in [-0.2, -0.15) is 5.10 Å². The lowest BCUT2D eigenvalue weighted by Gasteiger charge is -2.54. The van der Waals surface area contributed by atoms with Crippen LogP contribution in [-0.4, -0.2) is 26.5 Å². The van der Waals surface area contributed by atoms with E-state index in [1.165, 1.54) is 32.1 Å². The van der Waals surface area contributed by atoms with Crippen molar-refractivity contribution < 1.29 is 4.79 Å². The fraction of sp³-hybridized carbons (Fsp3) is 0.632. The third-order valence-electron chi connectivity index (χ3n) is 6.59. The molecule has 24 heavy (non-hydrogen) atoms. The average molecular weight is 324 g/mol. The maximum atomic E-state index is 12.9. The molecule has 0 saturated heterocycles. The lowest BCUT2D eigenvalue weighted by Crippen LogP contribution is -2.55. The molecular weight excluding hydrogens is 300 g/mol. The van der Waals surface area contributed by atoms with Crippen LogP contribution in [0.1, 0.15) is 54.9 Å². The van der Waals surface area contributed by atoms with Crippen LogP contribution in [0, 0.1) is 23.7 Å². The van der Waals surface area contributed by atoms with Crippen molar-refractivity contribution in [2.75, 3.05) is 0 Å². The third kappa shape index (κ3) is 2.17. The number of rotatable bonds is 3. The molecule has 4 saturated carbocycles. The zero-order valence-electron chi connectivity index (χ0n) is 14.1. The van der Waals surface area contributed by atoms with Crippen molar-refractivity contribution in [2.24, 2.45) is 23.7 Å². The molecular formula is C19H24N4O. The van der Waals surface area contributed by atoms with Crippen LogP contribution >= 0.6 is 0 Å². The Morgan fingerprint density at radius 3 is 2.54 bits per heavy atom. The lowest BCUT2D eigenvalue weighted by atomic mass is 9.54. The van der Waals surface area contributed by atoms with Crippen molar-refractivity contribution in [1.29, 1.82) is 0 Å². The minimum absolute atomic E-state index is 0.000720. The molecule has 0 unspecified atom stereocenters. The highest BCUT2D eigenvalue weighted by atomic mass is 16.1. The zero-order valence-corrected chi connectivity index (χ0v) is 14.1. The largest absolute Gasteiger partial charge is 0.349 e. The van der Waals surface area contributed by atoms with Gasteiger partial charge in [0.2, 0.25) is 0 Å². The number of hydrogen-bond acceptors (Lipinski definition) is 3. The summed E-state index contributed by atoms with van der Waals surface area (Å²) < 4.78 is 1.73. The van der Waals surface area contributed by atoms with Gasteiger partial charge in [0.1, 0.15) is 5.56 Å². The molecule has 0 aliphatic heterocycles. The molecule has 4 aliphatic rings. The molecule has 0 aromatic carbocycles. The standard InChI is InChI=1S/C19H24N4O/c1-2-11-8-20-18-16(9-21-23(18)10-11)19(24)22-17-14-4-12-3-13(6-14)7-15(17)5-12/h8-10,12-15,17H,2-7H2,1H3,(H,22,24). The Morgan fingerprint density at radius 2 is 1.88 bits per heavy atom. The quantitative estimate of drug-likeness (QED) is 0.944. The van der Waals surface area contributed by atoms with Gasteiger partial charge in [-0.05, 0) is 67.8 Å². The molecule has 1 N–H and O–H groups in total. The summed E-state index contributed by atoms with van der Waals surface area (Å²) in [6.07, 6.45) is 13.1. The van der Waals surface area contributed by atoms with E-state index in [0.717, 1.165) is 23.8 Å². The molecule has 0 spiro atoms. The second-order valence-corrected chi connectivity index (χ2v) is 8.07. The number of nitrogens with one attached hydrogen (secondary N) is 1. The first kappa shape index (κ1) is 14.4. The number of amides is 1. The summed E-state index contributed by atoms with van der Waals surface area (Å²) in [7, 11) is 0. The van der Waals surface area contributed by atoms with Crippen LogP contribution < -0.4 is 5.32 Å². The summed E-state index contributed by atoms with van der Waals surface area (Å²) in [5.41, 5.74) is 2.39. The summed E-state index contributed by atoms with van der Waals surface area (Å²) in [6.45, 7) is 2.09. The Balaban J connectivity index is 1.39. The predicted molar refractivity (Wildman–Crippen MR) is 90.7 cm³/mol. The summed E-state index contributed by atoms with van der Waals surface area (Å²) in [6, 6.07) is 0.357. The van der Waals surface area contributed by atoms with Crippen LogP contribution in [0.2, 0.25) is 0 Å². The first-order valence-electron chi connectivity index (χ1n) is 9.34. The molecule has 0 atom stereocenters. The maximum absolute atomic E-state index is 12.9. The van der Waals surface area contributed by atoms with E-state index in [2.05, 4.69) is 22.3 Å². The second-order valence-electron chi connectivity index (χ2n) is 8.07. The van der Waals surface area contributed by atoms with Crippen LogP contribution in [0.3, 0.4) is 0 Å². The van der Waals surface area contributed by atoms with E-state index < -0.39 is 0 Å². The fourth-order valence-corrected chi connectivity index (χ4v) is 5.65. The van der Waals surface area contributed by atoms with Gasteiger partial charge in [0, 0.05) is 18.4 Å². The Hall–Kier alpha value is -1.91. The van der Waals surface area contributed by atoms with Gasteiger partial charge in [-0.1, -0.05) is 6.92 Å². The van der Waals surface area contributed by atoms with Gasteiger partial charge in [-0.3, -0.25) is 4.79 Å². The van der Waals surface area contributed by atoms with E-state index in [1.54, 1.807) is 10.7 Å². The minimum atomic E-state index is -0.000720. The molecule has 1 amide bonds. The van der Waals surface area contributed by atoms with Crippen LogP contribution in [-0.2, 0) is 6.42 Å². The summed E-state index contributed by atoms with van der Waals surface area (Å²) >= 11 is 0. The van der Waals surface area contributed by atoms with Gasteiger partial charge < -0.3 is 5.32 Å². The topological polar surface area (TPSA) is 59.3 Å². The molecule has 0 radical (unpaired) electrons. The monoisotopic (exact) mass is 324 g/mol. The van der Waals surface area contributed by atoms with Crippen LogP contribution in [0.15, 0.2) is 18.6 Å². The van der Waals surface area contributed by atoms with E-state index in [-0.39, 0.29) is 5.91 Å². The van der Waals surface area contributed by atoms with E-state index in [0.29, 0.717) is 29.1 Å². The molecule has 5 nitrogen and oxygen atoms in total. The van der Waals surface area contributed by atoms with E-state index in [9.17, 15) is 4.79 Å². The second kappa shape index (κ2) is 5.30. The van der Waals surface area contributed by atoms with Crippen molar-refractivity contribution in [1.82, 2.24) is 19.9 Å². The molecule has 4 bridgehead atoms. The molecule has 4 aliphatic carbocycles. The van der Waals surface area contributed by atoms with Crippen molar-refractivity contribution in [3.05, 3.63) is 29.7 Å². The first-order chi connectivity index (χ1) is 11.7. The molecule has 6 rings (SSSR count). The number of fused-ring (bicyclic) bond motifs is 1. The Kier molecular flexibility index (Phi) is 3.19. The Morgan fingerprint density at radius 1 is 1.17 bits per heavy atom. The van der Waals surface area contributed by atoms with Crippen molar-refractivity contribution >= 4 is 11.6 Å². The Labute approximate surface area is 141 Å². The molecule has 2 heterocycles. The number of carbonyl (C=O) groups is 1. The van der Waals surface area contributed by atoms with Crippen molar-refractivity contribution in [3.63, 3.8) is 0 Å². The van der Waals surface area contributed by atoms with Crippen LogP contribution in [0.25, 0.3) is 5.65 Å². The predicted octanol–water partition coefficient (Wildman–Crippen LogP) is 2.85.